The Morgan fingerprint density at radius 2 is 1.39 bits per heavy atom. The quantitative estimate of drug-likeness (QED) is 0.264. The zero-order valence-corrected chi connectivity index (χ0v) is 21.3. The normalized spacial score (nSPS) is 22.9. The van der Waals surface area contributed by atoms with Gasteiger partial charge in [-0.1, -0.05) is 60.7 Å². The summed E-state index contributed by atoms with van der Waals surface area (Å²) in [5, 5.41) is 8.83. The zero-order valence-electron chi connectivity index (χ0n) is 21.3. The molecule has 196 valence electrons. The number of hydrogen-bond acceptors (Lipinski definition) is 3. The molecule has 3 aliphatic rings. The molecule has 0 atom stereocenters. The number of nitrogens with zero attached hydrogens (tertiary/aromatic N) is 3. The molecule has 3 aromatic carbocycles. The molecule has 1 heterocycles. The summed E-state index contributed by atoms with van der Waals surface area (Å²) in [5.41, 5.74) is 1.59. The predicted molar refractivity (Wildman–Crippen MR) is 140 cm³/mol. The molecule has 2 bridgehead atoms. The second kappa shape index (κ2) is 9.29. The van der Waals surface area contributed by atoms with Gasteiger partial charge in [-0.3, -0.25) is 0 Å². The summed E-state index contributed by atoms with van der Waals surface area (Å²) in [6.07, 6.45) is 1.50. The highest BCUT2D eigenvalue weighted by atomic mass is 19.4. The number of alkyl halides is 3. The molecule has 1 aromatic heterocycles. The van der Waals surface area contributed by atoms with Crippen LogP contribution in [0.15, 0.2) is 78.9 Å². The molecule has 0 unspecified atom stereocenters. The van der Waals surface area contributed by atoms with E-state index in [0.29, 0.717) is 0 Å². The van der Waals surface area contributed by atoms with Crippen LogP contribution in [-0.2, 0) is 30.7 Å². The lowest BCUT2D eigenvalue weighted by Crippen LogP contribution is -2.47. The summed E-state index contributed by atoms with van der Waals surface area (Å²) >= 11 is 0. The highest BCUT2D eigenvalue weighted by Crippen LogP contribution is 2.58. The maximum Gasteiger partial charge on any atom is 0.417 e. The van der Waals surface area contributed by atoms with Gasteiger partial charge in [-0.15, -0.1) is 10.2 Å². The van der Waals surface area contributed by atoms with Crippen LogP contribution < -0.4 is 4.74 Å². The van der Waals surface area contributed by atoms with Crippen LogP contribution in [0.25, 0.3) is 11.4 Å². The van der Waals surface area contributed by atoms with Crippen molar-refractivity contribution in [3.05, 3.63) is 101 Å². The Morgan fingerprint density at radius 3 is 2.03 bits per heavy atom. The van der Waals surface area contributed by atoms with Crippen molar-refractivity contribution in [2.45, 2.75) is 62.1 Å². The van der Waals surface area contributed by atoms with Gasteiger partial charge in [0.25, 0.3) is 0 Å². The van der Waals surface area contributed by atoms with Crippen molar-refractivity contribution in [2.75, 3.05) is 0 Å². The zero-order chi connectivity index (χ0) is 26.4. The topological polar surface area (TPSA) is 39.9 Å². The van der Waals surface area contributed by atoms with Crippen molar-refractivity contribution < 1.29 is 17.9 Å². The average Bonchev–Trinajstić information content (AvgIpc) is 3.35. The molecule has 0 spiro atoms. The second-order valence-electron chi connectivity index (χ2n) is 10.8. The minimum atomic E-state index is -4.56. The Labute approximate surface area is 220 Å². The fourth-order valence-corrected chi connectivity index (χ4v) is 6.55. The SMILES string of the molecule is Cn1c(-c2ccc(OCc3ccccc3)cc2C(F)(F)F)nnc1C12CCC(c3ccccc3)(CC1)CC2. The fourth-order valence-electron chi connectivity index (χ4n) is 6.55. The second-order valence-corrected chi connectivity index (χ2v) is 10.8. The third-order valence-electron chi connectivity index (χ3n) is 8.77. The van der Waals surface area contributed by atoms with E-state index in [1.165, 1.54) is 11.6 Å². The summed E-state index contributed by atoms with van der Waals surface area (Å²) in [5.74, 6) is 1.20. The van der Waals surface area contributed by atoms with Crippen LogP contribution in [0.3, 0.4) is 0 Å². The first kappa shape index (κ1) is 24.7. The van der Waals surface area contributed by atoms with Crippen LogP contribution in [0.2, 0.25) is 0 Å². The molecule has 4 nitrogen and oxygen atoms in total. The van der Waals surface area contributed by atoms with Crippen LogP contribution in [0, 0.1) is 0 Å². The molecule has 3 fully saturated rings. The summed E-state index contributed by atoms with van der Waals surface area (Å²) in [6.45, 7) is 0.193. The van der Waals surface area contributed by atoms with E-state index < -0.39 is 11.7 Å². The van der Waals surface area contributed by atoms with E-state index in [1.807, 2.05) is 36.4 Å². The van der Waals surface area contributed by atoms with E-state index in [-0.39, 0.29) is 34.6 Å². The van der Waals surface area contributed by atoms with E-state index in [9.17, 15) is 13.2 Å². The van der Waals surface area contributed by atoms with Gasteiger partial charge in [0, 0.05) is 18.0 Å². The molecular weight excluding hydrogens is 487 g/mol. The number of aromatic nitrogens is 3. The maximum atomic E-state index is 14.2. The first-order chi connectivity index (χ1) is 18.3. The molecule has 7 rings (SSSR count). The van der Waals surface area contributed by atoms with Crippen LogP contribution in [0.4, 0.5) is 13.2 Å². The van der Waals surface area contributed by atoms with Crippen molar-refractivity contribution in [1.29, 1.82) is 0 Å². The highest BCUT2D eigenvalue weighted by molar-refractivity contribution is 5.63. The molecule has 0 N–H and O–H groups in total. The molecule has 0 saturated heterocycles. The molecule has 4 aromatic rings. The molecule has 38 heavy (non-hydrogen) atoms. The molecule has 0 radical (unpaired) electrons. The first-order valence-corrected chi connectivity index (χ1v) is 13.1. The largest absolute Gasteiger partial charge is 0.489 e. The lowest BCUT2D eigenvalue weighted by Gasteiger charge is -2.53. The molecule has 3 aliphatic carbocycles. The first-order valence-electron chi connectivity index (χ1n) is 13.1. The standard InChI is InChI=1S/C31H30F3N3O/c1-37-27(25-13-12-24(20-26(25)31(32,33)34)38-21-22-8-4-2-5-9-22)35-36-28(37)30-17-14-29(15-18-30,16-19-30)23-10-6-3-7-11-23/h2-13,20H,14-19,21H2,1H3. The van der Waals surface area contributed by atoms with Crippen molar-refractivity contribution in [3.63, 3.8) is 0 Å². The van der Waals surface area contributed by atoms with Crippen LogP contribution >= 0.6 is 0 Å². The summed E-state index contributed by atoms with van der Waals surface area (Å²) in [4.78, 5) is 0. The van der Waals surface area contributed by atoms with Gasteiger partial charge in [-0.2, -0.15) is 13.2 Å². The van der Waals surface area contributed by atoms with Gasteiger partial charge in [0.2, 0.25) is 0 Å². The van der Waals surface area contributed by atoms with Gasteiger partial charge >= 0.3 is 6.18 Å². The Hall–Kier alpha value is -3.61. The van der Waals surface area contributed by atoms with E-state index in [0.717, 1.165) is 56.0 Å². The lowest BCUT2D eigenvalue weighted by atomic mass is 9.51. The molecule has 3 saturated carbocycles. The molecule has 0 aliphatic heterocycles. The van der Waals surface area contributed by atoms with E-state index in [2.05, 4.69) is 34.5 Å². The number of halogens is 3. The molecular formula is C31H30F3N3O. The summed E-state index contributed by atoms with van der Waals surface area (Å²) in [6, 6.07) is 24.2. The average molecular weight is 518 g/mol. The Balaban J connectivity index is 1.28. The van der Waals surface area contributed by atoms with Crippen molar-refractivity contribution in [2.24, 2.45) is 7.05 Å². The smallest absolute Gasteiger partial charge is 0.417 e. The molecule has 7 heteroatoms. The minimum Gasteiger partial charge on any atom is -0.489 e. The minimum absolute atomic E-state index is 0.0208. The van der Waals surface area contributed by atoms with Crippen molar-refractivity contribution >= 4 is 0 Å². The van der Waals surface area contributed by atoms with Gasteiger partial charge in [-0.05, 0) is 73.3 Å². The van der Waals surface area contributed by atoms with Gasteiger partial charge in [-0.25, -0.2) is 0 Å². The summed E-state index contributed by atoms with van der Waals surface area (Å²) in [7, 11) is 1.80. The lowest BCUT2D eigenvalue weighted by molar-refractivity contribution is -0.137. The van der Waals surface area contributed by atoms with Gasteiger partial charge in [0.1, 0.15) is 18.2 Å². The number of benzene rings is 3. The Bertz CT molecular complexity index is 1410. The number of ether oxygens (including phenoxy) is 1. The van der Waals surface area contributed by atoms with E-state index >= 15 is 0 Å². The monoisotopic (exact) mass is 517 g/mol. The van der Waals surface area contributed by atoms with Crippen LogP contribution in [0.1, 0.15) is 61.0 Å². The van der Waals surface area contributed by atoms with Gasteiger partial charge < -0.3 is 9.30 Å². The van der Waals surface area contributed by atoms with Crippen LogP contribution in [0.5, 0.6) is 5.75 Å². The number of fused-ring (bicyclic) bond motifs is 3. The van der Waals surface area contributed by atoms with E-state index in [4.69, 9.17) is 4.74 Å². The van der Waals surface area contributed by atoms with Crippen molar-refractivity contribution in [1.82, 2.24) is 14.8 Å². The van der Waals surface area contributed by atoms with Crippen molar-refractivity contribution in [3.8, 4) is 17.1 Å². The molecule has 0 amide bonds. The predicted octanol–water partition coefficient (Wildman–Crippen LogP) is 7.62. The third kappa shape index (κ3) is 4.28. The Kier molecular flexibility index (Phi) is 6.04. The van der Waals surface area contributed by atoms with Crippen LogP contribution in [-0.4, -0.2) is 14.8 Å². The van der Waals surface area contributed by atoms with Gasteiger partial charge in [0.15, 0.2) is 5.82 Å². The third-order valence-corrected chi connectivity index (χ3v) is 8.77. The Morgan fingerprint density at radius 1 is 0.789 bits per heavy atom. The fraction of sp³-hybridized carbons (Fsp3) is 0.355. The summed E-state index contributed by atoms with van der Waals surface area (Å²) < 4.78 is 50.1. The maximum absolute atomic E-state index is 14.2. The highest BCUT2D eigenvalue weighted by Gasteiger charge is 2.52. The van der Waals surface area contributed by atoms with Gasteiger partial charge in [0.05, 0.1) is 5.56 Å². The number of hydrogen-bond donors (Lipinski definition) is 0. The number of rotatable bonds is 6. The van der Waals surface area contributed by atoms with E-state index in [1.54, 1.807) is 17.7 Å².